The number of urea groups is 1. The number of fused-ring (bicyclic) bond motifs is 3. The second kappa shape index (κ2) is 14.6. The number of nitrogens with zero attached hydrogens (tertiary/aromatic N) is 3. The van der Waals surface area contributed by atoms with Crippen molar-refractivity contribution < 1.29 is 32.9 Å². The Labute approximate surface area is 313 Å². The molecule has 0 radical (unpaired) electrons. The molecule has 6 atom stereocenters. The van der Waals surface area contributed by atoms with Crippen molar-refractivity contribution >= 4 is 52.4 Å². The van der Waals surface area contributed by atoms with Crippen LogP contribution < -0.4 is 15.4 Å². The topological polar surface area (TPSA) is 157 Å². The van der Waals surface area contributed by atoms with Crippen LogP contribution in [0.15, 0.2) is 30.4 Å². The van der Waals surface area contributed by atoms with E-state index < -0.39 is 74.8 Å². The van der Waals surface area contributed by atoms with Gasteiger partial charge in [0.15, 0.2) is 0 Å². The van der Waals surface area contributed by atoms with Gasteiger partial charge in [0, 0.05) is 36.5 Å². The summed E-state index contributed by atoms with van der Waals surface area (Å²) in [6, 6.07) is 3.05. The second-order valence-corrected chi connectivity index (χ2v) is 18.3. The summed E-state index contributed by atoms with van der Waals surface area (Å²) in [7, 11) is 0.0480. The van der Waals surface area contributed by atoms with Crippen molar-refractivity contribution in [3.05, 3.63) is 46.5 Å². The Morgan fingerprint density at radius 3 is 2.56 bits per heavy atom. The fourth-order valence-corrected chi connectivity index (χ4v) is 8.43. The zero-order chi connectivity index (χ0) is 37.6. The molecule has 6 amide bonds. The predicted octanol–water partition coefficient (Wildman–Crippen LogP) is 4.30. The number of carbonyl (C=O) groups is 5. The summed E-state index contributed by atoms with van der Waals surface area (Å²) in [6.07, 6.45) is 7.72. The van der Waals surface area contributed by atoms with Crippen molar-refractivity contribution in [3.63, 3.8) is 0 Å². The molecule has 2 aliphatic carbocycles. The average Bonchev–Trinajstić information content (AvgIpc) is 3.87. The molecule has 0 aromatic heterocycles. The number of carbonyl (C=O) groups excluding carboxylic acids is 5. The molecule has 5 aliphatic rings. The van der Waals surface area contributed by atoms with E-state index >= 15 is 0 Å². The van der Waals surface area contributed by atoms with E-state index in [1.807, 2.05) is 52.0 Å². The van der Waals surface area contributed by atoms with Crippen LogP contribution in [-0.4, -0.2) is 96.4 Å². The maximum atomic E-state index is 14.5. The van der Waals surface area contributed by atoms with Gasteiger partial charge in [-0.05, 0) is 83.4 Å². The van der Waals surface area contributed by atoms with Crippen molar-refractivity contribution in [2.75, 3.05) is 13.6 Å². The minimum Gasteiger partial charge on any atom is -0.444 e. The third-order valence-electron chi connectivity index (χ3n) is 11.3. The molecule has 0 bridgehead atoms. The Kier molecular flexibility index (Phi) is 10.7. The van der Waals surface area contributed by atoms with Gasteiger partial charge >= 0.3 is 12.1 Å². The first kappa shape index (κ1) is 38.1. The fraction of sp³-hybridized carbons (Fsp3) is 0.649. The van der Waals surface area contributed by atoms with E-state index in [1.165, 1.54) is 14.7 Å². The summed E-state index contributed by atoms with van der Waals surface area (Å²) in [5.41, 5.74) is -0.0708. The number of ether oxygens (including phenoxy) is 1. The molecule has 0 spiro atoms. The van der Waals surface area contributed by atoms with Crippen LogP contribution in [0.25, 0.3) is 0 Å². The third-order valence-corrected chi connectivity index (χ3v) is 13.3. The van der Waals surface area contributed by atoms with E-state index in [9.17, 15) is 28.2 Å². The van der Waals surface area contributed by atoms with Gasteiger partial charge in [-0.2, -0.15) is 0 Å². The van der Waals surface area contributed by atoms with Crippen LogP contribution >= 0.6 is 11.6 Å². The number of nitrogens with one attached hydrogen (secondary N) is 3. The van der Waals surface area contributed by atoms with E-state index in [4.69, 9.17) is 16.3 Å². The summed E-state index contributed by atoms with van der Waals surface area (Å²) < 4.78 is 21.2. The molecule has 284 valence electrons. The van der Waals surface area contributed by atoms with Gasteiger partial charge in [0.2, 0.25) is 11.8 Å². The fourth-order valence-electron chi connectivity index (χ4n) is 7.10. The molecule has 3 heterocycles. The molecule has 13 nitrogen and oxygen atoms in total. The Balaban J connectivity index is 1.25. The highest BCUT2D eigenvalue weighted by molar-refractivity contribution is 7.85. The number of hydrogen-bond acceptors (Lipinski definition) is 7. The lowest BCUT2D eigenvalue weighted by molar-refractivity contribution is -0.141. The van der Waals surface area contributed by atoms with Gasteiger partial charge < -0.3 is 25.2 Å². The van der Waals surface area contributed by atoms with Crippen molar-refractivity contribution in [1.82, 2.24) is 30.1 Å². The highest BCUT2D eigenvalue weighted by Gasteiger charge is 2.62. The lowest BCUT2D eigenvalue weighted by Gasteiger charge is -2.35. The van der Waals surface area contributed by atoms with Gasteiger partial charge in [0.25, 0.3) is 5.91 Å². The Bertz CT molecular complexity index is 1680. The summed E-state index contributed by atoms with van der Waals surface area (Å²) in [4.78, 5) is 73.9. The molecule has 2 saturated carbocycles. The molecular formula is C37H51ClN6O7S. The first-order valence-corrected chi connectivity index (χ1v) is 19.8. The summed E-state index contributed by atoms with van der Waals surface area (Å²) in [5, 5.41) is 6.44. The lowest BCUT2D eigenvalue weighted by Crippen LogP contribution is -2.59. The summed E-state index contributed by atoms with van der Waals surface area (Å²) >= 11 is 6.38. The highest BCUT2D eigenvalue weighted by atomic mass is 35.5. The van der Waals surface area contributed by atoms with E-state index in [2.05, 4.69) is 15.4 Å². The van der Waals surface area contributed by atoms with Gasteiger partial charge in [0.1, 0.15) is 34.7 Å². The largest absolute Gasteiger partial charge is 0.444 e. The van der Waals surface area contributed by atoms with Gasteiger partial charge in [-0.1, -0.05) is 48.7 Å². The standard InChI is InChI=1S/C37H51ClN6O7S/c1-35(2,3)42(5)33(48)39-28-15-10-8-6-7-9-13-24-19-37(24,32(47)41-52(50)36(4)16-17-36)40-30(45)29-18-25(21-44(29)31(28)46)51-34(49)43-20-23-12-11-14-27(38)26(23)22-43/h9,11-14,24-25,28-29H,6-8,10,15-22H2,1-5H3,(H,39,48)(H,40,45)(H,41,47)/b13-9-/t24-,25-,28+,29+,37-,52?/m1/s1. The second-order valence-electron chi connectivity index (χ2n) is 16.2. The molecule has 3 fully saturated rings. The van der Waals surface area contributed by atoms with E-state index in [0.717, 1.165) is 43.2 Å². The first-order chi connectivity index (χ1) is 24.5. The average molecular weight is 759 g/mol. The molecular weight excluding hydrogens is 708 g/mol. The zero-order valence-electron chi connectivity index (χ0n) is 30.7. The number of halogens is 1. The maximum Gasteiger partial charge on any atom is 0.410 e. The van der Waals surface area contributed by atoms with Crippen molar-refractivity contribution in [3.8, 4) is 0 Å². The molecule has 3 N–H and O–H groups in total. The van der Waals surface area contributed by atoms with Crippen LogP contribution in [0.5, 0.6) is 0 Å². The number of rotatable bonds is 5. The summed E-state index contributed by atoms with van der Waals surface area (Å²) in [5.74, 6) is -1.87. The SMILES string of the molecule is CN(C(=O)N[C@H]1CCCCC/C=C\[C@@H]2C[C@@]2(C(=O)NS(=O)C2(C)CC2)NC(=O)[C@@H]2C[C@@H](OC(=O)N3Cc4cccc(Cl)c4C3)CN2C1=O)C(C)(C)C. The van der Waals surface area contributed by atoms with E-state index in [1.54, 1.807) is 13.1 Å². The first-order valence-electron chi connectivity index (χ1n) is 18.3. The molecule has 1 unspecified atom stereocenters. The molecule has 15 heteroatoms. The smallest absolute Gasteiger partial charge is 0.410 e. The van der Waals surface area contributed by atoms with Crippen LogP contribution in [0.2, 0.25) is 5.02 Å². The quantitative estimate of drug-likeness (QED) is 0.378. The molecule has 52 heavy (non-hydrogen) atoms. The normalized spacial score (nSPS) is 29.6. The summed E-state index contributed by atoms with van der Waals surface area (Å²) in [6.45, 7) is 8.05. The van der Waals surface area contributed by atoms with E-state index in [-0.39, 0.29) is 25.4 Å². The van der Waals surface area contributed by atoms with Gasteiger partial charge in [-0.15, -0.1) is 0 Å². The monoisotopic (exact) mass is 758 g/mol. The highest BCUT2D eigenvalue weighted by Crippen LogP contribution is 2.47. The van der Waals surface area contributed by atoms with Crippen molar-refractivity contribution in [2.45, 2.75) is 133 Å². The van der Waals surface area contributed by atoms with Crippen LogP contribution in [0, 0.1) is 5.92 Å². The molecule has 1 saturated heterocycles. The van der Waals surface area contributed by atoms with Crippen molar-refractivity contribution in [2.24, 2.45) is 5.92 Å². The van der Waals surface area contributed by atoms with Gasteiger partial charge in [-0.3, -0.25) is 24.0 Å². The van der Waals surface area contributed by atoms with Crippen molar-refractivity contribution in [1.29, 1.82) is 0 Å². The minimum absolute atomic E-state index is 0.00434. The Hall–Kier alpha value is -3.65. The number of hydrogen-bond donors (Lipinski definition) is 3. The van der Waals surface area contributed by atoms with Crippen LogP contribution in [-0.2, 0) is 43.2 Å². The van der Waals surface area contributed by atoms with E-state index in [0.29, 0.717) is 30.8 Å². The number of allylic oxidation sites excluding steroid dienone is 1. The molecule has 1 aromatic rings. The minimum atomic E-state index is -1.62. The molecule has 3 aliphatic heterocycles. The zero-order valence-corrected chi connectivity index (χ0v) is 32.2. The van der Waals surface area contributed by atoms with Gasteiger partial charge in [0.05, 0.1) is 17.8 Å². The third kappa shape index (κ3) is 7.97. The van der Waals surface area contributed by atoms with Crippen LogP contribution in [0.4, 0.5) is 9.59 Å². The maximum absolute atomic E-state index is 14.5. The Morgan fingerprint density at radius 2 is 1.87 bits per heavy atom. The Morgan fingerprint density at radius 1 is 1.12 bits per heavy atom. The predicted molar refractivity (Wildman–Crippen MR) is 196 cm³/mol. The van der Waals surface area contributed by atoms with Crippen LogP contribution in [0.3, 0.4) is 0 Å². The number of benzene rings is 1. The lowest BCUT2D eigenvalue weighted by atomic mass is 10.0. The molecule has 6 rings (SSSR count). The number of amides is 6. The molecule has 1 aromatic carbocycles. The van der Waals surface area contributed by atoms with Gasteiger partial charge in [-0.25, -0.2) is 13.8 Å². The van der Waals surface area contributed by atoms with Crippen LogP contribution in [0.1, 0.15) is 96.6 Å².